The third-order valence-electron chi connectivity index (χ3n) is 2.61. The number of carbonyl (C=O) groups is 1. The molecule has 0 unspecified atom stereocenters. The second kappa shape index (κ2) is 6.01. The standard InChI is InChI=1S/C14H17F2N3OS/c1-14(2,3)18-11(20)8-21-13-17-9-6-4-5-7-10(9)19(13)12(15)16/h4-7,12H,8H2,1-3H3,(H,18,20). The highest BCUT2D eigenvalue weighted by Crippen LogP contribution is 2.29. The van der Waals surface area contributed by atoms with Crippen LogP contribution in [-0.4, -0.2) is 26.8 Å². The minimum Gasteiger partial charge on any atom is -0.351 e. The summed E-state index contributed by atoms with van der Waals surface area (Å²) in [6.45, 7) is 2.91. The van der Waals surface area contributed by atoms with Gasteiger partial charge in [-0.3, -0.25) is 9.36 Å². The third-order valence-corrected chi connectivity index (χ3v) is 3.56. The van der Waals surface area contributed by atoms with E-state index in [1.165, 1.54) is 0 Å². The first-order chi connectivity index (χ1) is 9.78. The summed E-state index contributed by atoms with van der Waals surface area (Å²) in [6, 6.07) is 6.69. The van der Waals surface area contributed by atoms with Gasteiger partial charge in [-0.15, -0.1) is 0 Å². The van der Waals surface area contributed by atoms with Crippen molar-refractivity contribution in [2.45, 2.75) is 38.0 Å². The number of carbonyl (C=O) groups excluding carboxylic acids is 1. The summed E-state index contributed by atoms with van der Waals surface area (Å²) < 4.78 is 27.2. The van der Waals surface area contributed by atoms with Crippen molar-refractivity contribution in [3.63, 3.8) is 0 Å². The van der Waals surface area contributed by atoms with Gasteiger partial charge in [-0.2, -0.15) is 8.78 Å². The lowest BCUT2D eigenvalue weighted by molar-refractivity contribution is -0.119. The van der Waals surface area contributed by atoms with E-state index in [-0.39, 0.29) is 22.4 Å². The average molecular weight is 313 g/mol. The second-order valence-corrected chi connectivity index (χ2v) is 6.56. The SMILES string of the molecule is CC(C)(C)NC(=O)CSc1nc2ccccc2n1C(F)F. The zero-order chi connectivity index (χ0) is 15.6. The van der Waals surface area contributed by atoms with Crippen LogP contribution in [0.1, 0.15) is 27.3 Å². The topological polar surface area (TPSA) is 46.9 Å². The Morgan fingerprint density at radius 1 is 1.38 bits per heavy atom. The molecule has 2 aromatic rings. The number of fused-ring (bicyclic) bond motifs is 1. The van der Waals surface area contributed by atoms with Crippen molar-refractivity contribution in [1.29, 1.82) is 0 Å². The molecule has 1 amide bonds. The van der Waals surface area contributed by atoms with Crippen LogP contribution in [0.25, 0.3) is 11.0 Å². The smallest absolute Gasteiger partial charge is 0.321 e. The van der Waals surface area contributed by atoms with Crippen molar-refractivity contribution in [3.05, 3.63) is 24.3 Å². The van der Waals surface area contributed by atoms with Gasteiger partial charge in [0.2, 0.25) is 5.91 Å². The van der Waals surface area contributed by atoms with Crippen molar-refractivity contribution in [2.24, 2.45) is 0 Å². The summed E-state index contributed by atoms with van der Waals surface area (Å²) in [4.78, 5) is 15.9. The number of imidazole rings is 1. The minimum absolute atomic E-state index is 0.0489. The van der Waals surface area contributed by atoms with Crippen LogP contribution in [0.15, 0.2) is 29.4 Å². The van der Waals surface area contributed by atoms with E-state index in [9.17, 15) is 13.6 Å². The number of thioether (sulfide) groups is 1. The molecule has 1 aromatic carbocycles. The molecule has 21 heavy (non-hydrogen) atoms. The lowest BCUT2D eigenvalue weighted by Gasteiger charge is -2.20. The third kappa shape index (κ3) is 3.93. The Bertz CT molecular complexity index is 649. The number of hydrogen-bond donors (Lipinski definition) is 1. The fraction of sp³-hybridized carbons (Fsp3) is 0.429. The van der Waals surface area contributed by atoms with E-state index in [0.29, 0.717) is 11.0 Å². The van der Waals surface area contributed by atoms with Gasteiger partial charge in [0.25, 0.3) is 0 Å². The maximum Gasteiger partial charge on any atom is 0.321 e. The molecule has 1 heterocycles. The van der Waals surface area contributed by atoms with E-state index in [1.54, 1.807) is 24.3 Å². The summed E-state index contributed by atoms with van der Waals surface area (Å²) in [5, 5.41) is 2.94. The van der Waals surface area contributed by atoms with Crippen molar-refractivity contribution in [1.82, 2.24) is 14.9 Å². The molecule has 0 saturated carbocycles. The molecule has 2 rings (SSSR count). The predicted molar refractivity (Wildman–Crippen MR) is 79.6 cm³/mol. The van der Waals surface area contributed by atoms with Gasteiger partial charge in [0.1, 0.15) is 0 Å². The molecular formula is C14H17F2N3OS. The summed E-state index contributed by atoms with van der Waals surface area (Å²) in [7, 11) is 0. The van der Waals surface area contributed by atoms with E-state index in [1.807, 2.05) is 20.8 Å². The zero-order valence-corrected chi connectivity index (χ0v) is 12.9. The van der Waals surface area contributed by atoms with E-state index in [4.69, 9.17) is 0 Å². The Morgan fingerprint density at radius 3 is 2.67 bits per heavy atom. The van der Waals surface area contributed by atoms with Gasteiger partial charge in [-0.05, 0) is 32.9 Å². The molecule has 0 saturated heterocycles. The molecular weight excluding hydrogens is 296 g/mol. The van der Waals surface area contributed by atoms with Crippen LogP contribution >= 0.6 is 11.8 Å². The van der Waals surface area contributed by atoms with Crippen LogP contribution in [0, 0.1) is 0 Å². The normalized spacial score (nSPS) is 12.1. The number of nitrogens with one attached hydrogen (secondary N) is 1. The van der Waals surface area contributed by atoms with Crippen LogP contribution in [0.2, 0.25) is 0 Å². The van der Waals surface area contributed by atoms with Crippen LogP contribution in [0.4, 0.5) is 8.78 Å². The second-order valence-electron chi connectivity index (χ2n) is 5.62. The highest BCUT2D eigenvalue weighted by Gasteiger charge is 2.20. The fourth-order valence-electron chi connectivity index (χ4n) is 1.90. The molecule has 1 aromatic heterocycles. The van der Waals surface area contributed by atoms with Crippen molar-refractivity contribution in [3.8, 4) is 0 Å². The number of halogens is 2. The molecule has 0 aliphatic heterocycles. The first kappa shape index (κ1) is 15.8. The van der Waals surface area contributed by atoms with E-state index < -0.39 is 6.55 Å². The largest absolute Gasteiger partial charge is 0.351 e. The Balaban J connectivity index is 2.18. The van der Waals surface area contributed by atoms with E-state index in [2.05, 4.69) is 10.3 Å². The van der Waals surface area contributed by atoms with Gasteiger partial charge >= 0.3 is 6.55 Å². The lowest BCUT2D eigenvalue weighted by Crippen LogP contribution is -2.41. The van der Waals surface area contributed by atoms with Gasteiger partial charge in [0.15, 0.2) is 5.16 Å². The van der Waals surface area contributed by atoms with E-state index >= 15 is 0 Å². The summed E-state index contributed by atoms with van der Waals surface area (Å²) in [6.07, 6.45) is 0. The number of alkyl halides is 2. The van der Waals surface area contributed by atoms with Gasteiger partial charge in [0.05, 0.1) is 16.8 Å². The van der Waals surface area contributed by atoms with E-state index in [0.717, 1.165) is 16.3 Å². The Labute approximate surface area is 125 Å². The van der Waals surface area contributed by atoms with Gasteiger partial charge < -0.3 is 5.32 Å². The number of hydrogen-bond acceptors (Lipinski definition) is 3. The molecule has 114 valence electrons. The van der Waals surface area contributed by atoms with Crippen LogP contribution < -0.4 is 5.32 Å². The number of benzene rings is 1. The number of para-hydroxylation sites is 2. The number of rotatable bonds is 4. The van der Waals surface area contributed by atoms with Gasteiger partial charge in [0, 0.05) is 5.54 Å². The van der Waals surface area contributed by atoms with Gasteiger partial charge in [-0.1, -0.05) is 23.9 Å². The monoisotopic (exact) mass is 313 g/mol. The van der Waals surface area contributed by atoms with Crippen LogP contribution in [-0.2, 0) is 4.79 Å². The molecule has 0 aliphatic rings. The fourth-order valence-corrected chi connectivity index (χ4v) is 2.71. The minimum atomic E-state index is -2.69. The molecule has 0 bridgehead atoms. The molecule has 1 N–H and O–H groups in total. The first-order valence-corrected chi connectivity index (χ1v) is 7.45. The maximum atomic E-state index is 13.2. The lowest BCUT2D eigenvalue weighted by atomic mass is 10.1. The molecule has 4 nitrogen and oxygen atoms in total. The number of nitrogens with zero attached hydrogens (tertiary/aromatic N) is 2. The highest BCUT2D eigenvalue weighted by atomic mass is 32.2. The van der Waals surface area contributed by atoms with Crippen LogP contribution in [0.3, 0.4) is 0 Å². The van der Waals surface area contributed by atoms with Gasteiger partial charge in [-0.25, -0.2) is 4.98 Å². The quantitative estimate of drug-likeness (QED) is 0.880. The maximum absolute atomic E-state index is 13.2. The number of aromatic nitrogens is 2. The first-order valence-electron chi connectivity index (χ1n) is 6.47. The summed E-state index contributed by atoms with van der Waals surface area (Å²) >= 11 is 1.01. The molecule has 0 spiro atoms. The summed E-state index contributed by atoms with van der Waals surface area (Å²) in [5.41, 5.74) is 0.517. The van der Waals surface area contributed by atoms with Crippen molar-refractivity contribution >= 4 is 28.7 Å². The Hall–Kier alpha value is -1.63. The van der Waals surface area contributed by atoms with Crippen LogP contribution in [0.5, 0.6) is 0 Å². The number of amides is 1. The Kier molecular flexibility index (Phi) is 4.51. The highest BCUT2D eigenvalue weighted by molar-refractivity contribution is 7.99. The molecule has 7 heteroatoms. The molecule has 0 aliphatic carbocycles. The molecule has 0 atom stereocenters. The molecule has 0 fully saturated rings. The summed E-state index contributed by atoms with van der Waals surface area (Å²) in [5.74, 6) is -0.159. The molecule has 0 radical (unpaired) electrons. The van der Waals surface area contributed by atoms with Crippen molar-refractivity contribution in [2.75, 3.05) is 5.75 Å². The van der Waals surface area contributed by atoms with Crippen molar-refractivity contribution < 1.29 is 13.6 Å². The zero-order valence-electron chi connectivity index (χ0n) is 12.1. The Morgan fingerprint density at radius 2 is 2.05 bits per heavy atom. The average Bonchev–Trinajstić information content (AvgIpc) is 2.72. The predicted octanol–water partition coefficient (Wildman–Crippen LogP) is 3.44.